The van der Waals surface area contributed by atoms with Crippen molar-refractivity contribution in [1.82, 2.24) is 14.5 Å². The van der Waals surface area contributed by atoms with E-state index >= 15 is 0 Å². The maximum Gasteiger partial charge on any atom is 0.374 e. The van der Waals surface area contributed by atoms with Crippen LogP contribution >= 0.6 is 12.2 Å². The van der Waals surface area contributed by atoms with Gasteiger partial charge in [-0.25, -0.2) is 13.2 Å². The van der Waals surface area contributed by atoms with Crippen LogP contribution in [0.4, 0.5) is 0 Å². The zero-order valence-electron chi connectivity index (χ0n) is 16.1. The predicted octanol–water partition coefficient (Wildman–Crippen LogP) is 1.97. The van der Waals surface area contributed by atoms with Crippen molar-refractivity contribution >= 4 is 33.3 Å². The lowest BCUT2D eigenvalue weighted by atomic mass is 9.96. The maximum atomic E-state index is 12.8. The SMILES string of the molecule is CCOC(=O)c1ccc(S(=O)(=O)N2CCN(C(=S)NC3CCCCC3)CC2)o1. The minimum absolute atomic E-state index is 0.114. The molecule has 0 atom stereocenters. The van der Waals surface area contributed by atoms with Gasteiger partial charge in [-0.05, 0) is 44.1 Å². The van der Waals surface area contributed by atoms with E-state index in [0.717, 1.165) is 12.8 Å². The van der Waals surface area contributed by atoms with Crippen molar-refractivity contribution in [2.24, 2.45) is 0 Å². The van der Waals surface area contributed by atoms with E-state index in [1.54, 1.807) is 6.92 Å². The van der Waals surface area contributed by atoms with Crippen LogP contribution in [0, 0.1) is 0 Å². The minimum Gasteiger partial charge on any atom is -0.460 e. The Balaban J connectivity index is 1.56. The molecule has 1 aromatic rings. The number of nitrogens with one attached hydrogen (secondary N) is 1. The second kappa shape index (κ2) is 9.23. The number of esters is 1. The molecule has 1 N–H and O–H groups in total. The Bertz CT molecular complexity index is 794. The van der Waals surface area contributed by atoms with Gasteiger partial charge in [0.15, 0.2) is 5.11 Å². The first kappa shape index (κ1) is 21.1. The molecule has 0 unspecified atom stereocenters. The number of hydrogen-bond acceptors (Lipinski definition) is 6. The third-order valence-electron chi connectivity index (χ3n) is 5.11. The Morgan fingerprint density at radius 1 is 1.21 bits per heavy atom. The molecule has 10 heteroatoms. The largest absolute Gasteiger partial charge is 0.460 e. The normalized spacial score (nSPS) is 19.4. The topological polar surface area (TPSA) is 92.1 Å². The standard InChI is InChI=1S/C18H27N3O5S2/c1-2-25-17(22)15-8-9-16(26-15)28(23,24)21-12-10-20(11-13-21)18(27)19-14-6-4-3-5-7-14/h8-9,14H,2-7,10-13H2,1H3,(H,19,27). The van der Waals surface area contributed by atoms with E-state index in [-0.39, 0.29) is 17.5 Å². The third-order valence-corrected chi connectivity index (χ3v) is 7.26. The Kier molecular flexibility index (Phi) is 6.95. The van der Waals surface area contributed by atoms with Crippen molar-refractivity contribution < 1.29 is 22.4 Å². The lowest BCUT2D eigenvalue weighted by Crippen LogP contribution is -2.54. The Labute approximate surface area is 171 Å². The van der Waals surface area contributed by atoms with Crippen LogP contribution in [-0.2, 0) is 14.8 Å². The quantitative estimate of drug-likeness (QED) is 0.561. The average Bonchev–Trinajstić information content (AvgIpc) is 3.20. The second-order valence-electron chi connectivity index (χ2n) is 7.01. The van der Waals surface area contributed by atoms with Gasteiger partial charge in [-0.15, -0.1) is 0 Å². The molecular formula is C18H27N3O5S2. The highest BCUT2D eigenvalue weighted by molar-refractivity contribution is 7.89. The summed E-state index contributed by atoms with van der Waals surface area (Å²) in [5.74, 6) is -0.787. The number of nitrogens with zero attached hydrogens (tertiary/aromatic N) is 2. The summed E-state index contributed by atoms with van der Waals surface area (Å²) in [5, 5.41) is 3.88. The summed E-state index contributed by atoms with van der Waals surface area (Å²) in [6.07, 6.45) is 6.00. The van der Waals surface area contributed by atoms with Crippen LogP contribution < -0.4 is 5.32 Å². The number of ether oxygens (including phenoxy) is 1. The van der Waals surface area contributed by atoms with E-state index in [2.05, 4.69) is 5.32 Å². The maximum absolute atomic E-state index is 12.8. The first-order chi connectivity index (χ1) is 13.4. The van der Waals surface area contributed by atoms with E-state index in [1.807, 2.05) is 4.90 Å². The zero-order chi connectivity index (χ0) is 20.1. The van der Waals surface area contributed by atoms with Crippen molar-refractivity contribution in [2.45, 2.75) is 50.2 Å². The highest BCUT2D eigenvalue weighted by Crippen LogP contribution is 2.21. The Morgan fingerprint density at radius 2 is 1.89 bits per heavy atom. The summed E-state index contributed by atoms with van der Waals surface area (Å²) in [5.41, 5.74) is 0. The van der Waals surface area contributed by atoms with E-state index in [0.29, 0.717) is 37.3 Å². The molecule has 28 heavy (non-hydrogen) atoms. The van der Waals surface area contributed by atoms with Gasteiger partial charge in [-0.3, -0.25) is 0 Å². The average molecular weight is 430 g/mol. The summed E-state index contributed by atoms with van der Waals surface area (Å²) in [6, 6.07) is 3.04. The van der Waals surface area contributed by atoms with Crippen molar-refractivity contribution in [2.75, 3.05) is 32.8 Å². The summed E-state index contributed by atoms with van der Waals surface area (Å²) < 4.78 is 37.0. The molecule has 8 nitrogen and oxygen atoms in total. The van der Waals surface area contributed by atoms with E-state index in [4.69, 9.17) is 21.4 Å². The fourth-order valence-corrected chi connectivity index (χ4v) is 5.23. The van der Waals surface area contributed by atoms with Crippen molar-refractivity contribution in [3.8, 4) is 0 Å². The number of piperazine rings is 1. The number of carbonyl (C=O) groups excluding carboxylic acids is 1. The lowest BCUT2D eigenvalue weighted by Gasteiger charge is -2.36. The lowest BCUT2D eigenvalue weighted by molar-refractivity contribution is 0.0483. The predicted molar refractivity (Wildman–Crippen MR) is 108 cm³/mol. The summed E-state index contributed by atoms with van der Waals surface area (Å²) in [7, 11) is -3.80. The van der Waals surface area contributed by atoms with Crippen molar-refractivity contribution in [1.29, 1.82) is 0 Å². The van der Waals surface area contributed by atoms with Crippen LogP contribution in [0.2, 0.25) is 0 Å². The number of rotatable bonds is 5. The van der Waals surface area contributed by atoms with Crippen molar-refractivity contribution in [3.05, 3.63) is 17.9 Å². The second-order valence-corrected chi connectivity index (χ2v) is 9.27. The van der Waals surface area contributed by atoms with Gasteiger partial charge in [0.1, 0.15) is 0 Å². The monoisotopic (exact) mass is 429 g/mol. The number of hydrogen-bond donors (Lipinski definition) is 1. The fourth-order valence-electron chi connectivity index (χ4n) is 3.54. The molecule has 0 amide bonds. The van der Waals surface area contributed by atoms with E-state index in [9.17, 15) is 13.2 Å². The number of furan rings is 1. The third kappa shape index (κ3) is 4.84. The highest BCUT2D eigenvalue weighted by Gasteiger charge is 2.32. The highest BCUT2D eigenvalue weighted by atomic mass is 32.2. The van der Waals surface area contributed by atoms with E-state index in [1.165, 1.54) is 35.7 Å². The summed E-state index contributed by atoms with van der Waals surface area (Å²) >= 11 is 5.51. The van der Waals surface area contributed by atoms with Gasteiger partial charge in [-0.2, -0.15) is 4.31 Å². The van der Waals surface area contributed by atoms with Gasteiger partial charge in [0.25, 0.3) is 10.0 Å². The molecular weight excluding hydrogens is 402 g/mol. The molecule has 0 spiro atoms. The first-order valence-electron chi connectivity index (χ1n) is 9.74. The summed E-state index contributed by atoms with van der Waals surface area (Å²) in [4.78, 5) is 13.7. The van der Waals surface area contributed by atoms with Crippen LogP contribution in [0.3, 0.4) is 0 Å². The van der Waals surface area contributed by atoms with Crippen LogP contribution in [0.15, 0.2) is 21.6 Å². The molecule has 3 rings (SSSR count). The molecule has 1 aliphatic carbocycles. The van der Waals surface area contributed by atoms with Gasteiger partial charge in [0.2, 0.25) is 10.9 Å². The van der Waals surface area contributed by atoms with Gasteiger partial charge in [0, 0.05) is 32.2 Å². The van der Waals surface area contributed by atoms with Gasteiger partial charge >= 0.3 is 5.97 Å². The van der Waals surface area contributed by atoms with Gasteiger partial charge in [0.05, 0.1) is 6.61 Å². The molecule has 2 fully saturated rings. The van der Waals surface area contributed by atoms with E-state index < -0.39 is 16.0 Å². The van der Waals surface area contributed by atoms with Crippen LogP contribution in [-0.4, -0.2) is 67.5 Å². The van der Waals surface area contributed by atoms with Crippen LogP contribution in [0.5, 0.6) is 0 Å². The minimum atomic E-state index is -3.80. The molecule has 1 aliphatic heterocycles. The van der Waals surface area contributed by atoms with Gasteiger partial charge in [-0.1, -0.05) is 19.3 Å². The first-order valence-corrected chi connectivity index (χ1v) is 11.6. The molecule has 0 aromatic carbocycles. The molecule has 0 bridgehead atoms. The van der Waals surface area contributed by atoms with Crippen LogP contribution in [0.25, 0.3) is 0 Å². The molecule has 0 radical (unpaired) electrons. The number of carbonyl (C=O) groups is 1. The molecule has 1 saturated carbocycles. The number of thiocarbonyl (C=S) groups is 1. The molecule has 1 aromatic heterocycles. The molecule has 1 saturated heterocycles. The fraction of sp³-hybridized carbons (Fsp3) is 0.667. The van der Waals surface area contributed by atoms with Crippen LogP contribution in [0.1, 0.15) is 49.6 Å². The van der Waals surface area contributed by atoms with Gasteiger partial charge < -0.3 is 19.4 Å². The molecule has 2 aliphatic rings. The molecule has 156 valence electrons. The summed E-state index contributed by atoms with van der Waals surface area (Å²) in [6.45, 7) is 3.52. The smallest absolute Gasteiger partial charge is 0.374 e. The number of sulfonamides is 1. The molecule has 2 heterocycles. The van der Waals surface area contributed by atoms with Crippen molar-refractivity contribution in [3.63, 3.8) is 0 Å². The Morgan fingerprint density at radius 3 is 2.54 bits per heavy atom. The zero-order valence-corrected chi connectivity index (χ0v) is 17.7. The Hall–Kier alpha value is -1.65.